The summed E-state index contributed by atoms with van der Waals surface area (Å²) >= 11 is 0. The molecule has 0 heterocycles. The molecule has 16 heavy (non-hydrogen) atoms. The zero-order chi connectivity index (χ0) is 11.8. The van der Waals surface area contributed by atoms with Gasteiger partial charge in [0.2, 0.25) is 5.91 Å². The second-order valence-corrected chi connectivity index (χ2v) is 3.91. The number of rotatable bonds is 6. The molecular weight excluding hydrogens is 202 g/mol. The monoisotopic (exact) mass is 221 g/mol. The minimum Gasteiger partial charge on any atom is -0.396 e. The van der Waals surface area contributed by atoms with Crippen molar-refractivity contribution in [3.8, 4) is 0 Å². The van der Waals surface area contributed by atoms with Crippen LogP contribution in [0.25, 0.3) is 0 Å². The van der Waals surface area contributed by atoms with E-state index in [0.717, 1.165) is 6.42 Å². The van der Waals surface area contributed by atoms with Crippen LogP contribution < -0.4 is 5.32 Å². The molecular formula is C13H19NO2. The first-order valence-electron chi connectivity index (χ1n) is 5.65. The molecule has 0 aromatic heterocycles. The summed E-state index contributed by atoms with van der Waals surface area (Å²) in [7, 11) is 0. The molecule has 1 amide bonds. The predicted octanol–water partition coefficient (Wildman–Crippen LogP) is 1.43. The van der Waals surface area contributed by atoms with E-state index in [0.29, 0.717) is 19.4 Å². The van der Waals surface area contributed by atoms with Crippen molar-refractivity contribution in [2.45, 2.75) is 26.2 Å². The van der Waals surface area contributed by atoms with Gasteiger partial charge < -0.3 is 10.4 Å². The van der Waals surface area contributed by atoms with Crippen LogP contribution in [0.5, 0.6) is 0 Å². The van der Waals surface area contributed by atoms with E-state index in [4.69, 9.17) is 5.11 Å². The van der Waals surface area contributed by atoms with Crippen LogP contribution in [0.4, 0.5) is 0 Å². The summed E-state index contributed by atoms with van der Waals surface area (Å²) in [4.78, 5) is 11.4. The fourth-order valence-corrected chi connectivity index (χ4v) is 1.41. The molecule has 0 radical (unpaired) electrons. The third-order valence-electron chi connectivity index (χ3n) is 2.42. The summed E-state index contributed by atoms with van der Waals surface area (Å²) in [6.45, 7) is 2.73. The van der Waals surface area contributed by atoms with Gasteiger partial charge in [0.25, 0.3) is 0 Å². The third kappa shape index (κ3) is 4.94. The van der Waals surface area contributed by atoms with Gasteiger partial charge in [0.1, 0.15) is 0 Å². The molecule has 0 fully saturated rings. The van der Waals surface area contributed by atoms with Crippen LogP contribution in [0.15, 0.2) is 24.3 Å². The second-order valence-electron chi connectivity index (χ2n) is 3.91. The lowest BCUT2D eigenvalue weighted by molar-refractivity contribution is -0.121. The number of aryl methyl sites for hydroxylation is 2. The van der Waals surface area contributed by atoms with E-state index >= 15 is 0 Å². The van der Waals surface area contributed by atoms with E-state index in [-0.39, 0.29) is 12.5 Å². The number of nitrogens with one attached hydrogen (secondary N) is 1. The number of benzene rings is 1. The van der Waals surface area contributed by atoms with Gasteiger partial charge in [-0.3, -0.25) is 4.79 Å². The van der Waals surface area contributed by atoms with E-state index in [2.05, 4.69) is 29.6 Å². The largest absolute Gasteiger partial charge is 0.396 e. The maximum Gasteiger partial charge on any atom is 0.220 e. The smallest absolute Gasteiger partial charge is 0.220 e. The molecule has 3 heteroatoms. The van der Waals surface area contributed by atoms with Gasteiger partial charge >= 0.3 is 0 Å². The summed E-state index contributed by atoms with van der Waals surface area (Å²) in [6.07, 6.45) is 1.90. The van der Waals surface area contributed by atoms with Crippen molar-refractivity contribution in [2.24, 2.45) is 0 Å². The molecule has 1 rings (SSSR count). The number of amides is 1. The third-order valence-corrected chi connectivity index (χ3v) is 2.42. The zero-order valence-corrected chi connectivity index (χ0v) is 9.70. The number of carbonyl (C=O) groups excluding carboxylic acids is 1. The molecule has 88 valence electrons. The van der Waals surface area contributed by atoms with Crippen molar-refractivity contribution in [3.05, 3.63) is 35.4 Å². The van der Waals surface area contributed by atoms with Crippen molar-refractivity contribution < 1.29 is 9.90 Å². The average Bonchev–Trinajstić information content (AvgIpc) is 2.29. The summed E-state index contributed by atoms with van der Waals surface area (Å²) in [5.74, 6) is 0.0500. The van der Waals surface area contributed by atoms with E-state index < -0.39 is 0 Å². The standard InChI is InChI=1S/C13H19NO2/c1-11-3-5-12(6-4-11)7-8-13(16)14-9-2-10-15/h3-6,15H,2,7-10H2,1H3,(H,14,16). The molecule has 1 aromatic carbocycles. The topological polar surface area (TPSA) is 49.3 Å². The van der Waals surface area contributed by atoms with Crippen molar-refractivity contribution in [2.75, 3.05) is 13.2 Å². The Hall–Kier alpha value is -1.35. The molecule has 0 saturated heterocycles. The highest BCUT2D eigenvalue weighted by Gasteiger charge is 2.01. The van der Waals surface area contributed by atoms with Crippen LogP contribution in [0.1, 0.15) is 24.0 Å². The highest BCUT2D eigenvalue weighted by atomic mass is 16.3. The van der Waals surface area contributed by atoms with Crippen molar-refractivity contribution >= 4 is 5.91 Å². The minimum atomic E-state index is 0.0500. The SMILES string of the molecule is Cc1ccc(CCC(=O)NCCCO)cc1. The quantitative estimate of drug-likeness (QED) is 0.714. The maximum atomic E-state index is 11.4. The van der Waals surface area contributed by atoms with E-state index in [1.807, 2.05) is 6.92 Å². The lowest BCUT2D eigenvalue weighted by atomic mass is 10.1. The molecule has 1 aromatic rings. The predicted molar refractivity (Wildman–Crippen MR) is 64.2 cm³/mol. The molecule has 0 aliphatic heterocycles. The Labute approximate surface area is 96.5 Å². The molecule has 0 bridgehead atoms. The number of aliphatic hydroxyl groups excluding tert-OH is 1. The van der Waals surface area contributed by atoms with Crippen LogP contribution in [0.2, 0.25) is 0 Å². The van der Waals surface area contributed by atoms with Gasteiger partial charge in [-0.2, -0.15) is 0 Å². The van der Waals surface area contributed by atoms with Crippen LogP contribution in [-0.4, -0.2) is 24.2 Å². The van der Waals surface area contributed by atoms with E-state index in [1.165, 1.54) is 11.1 Å². The van der Waals surface area contributed by atoms with Gasteiger partial charge in [0.15, 0.2) is 0 Å². The highest BCUT2D eigenvalue weighted by molar-refractivity contribution is 5.76. The van der Waals surface area contributed by atoms with Crippen LogP contribution >= 0.6 is 0 Å². The van der Waals surface area contributed by atoms with Crippen LogP contribution in [0, 0.1) is 6.92 Å². The Balaban J connectivity index is 2.23. The fraction of sp³-hybridized carbons (Fsp3) is 0.462. The van der Waals surface area contributed by atoms with Gasteiger partial charge in [-0.25, -0.2) is 0 Å². The van der Waals surface area contributed by atoms with Crippen molar-refractivity contribution in [1.82, 2.24) is 5.32 Å². The maximum absolute atomic E-state index is 11.4. The number of aliphatic hydroxyl groups is 1. The minimum absolute atomic E-state index is 0.0500. The normalized spacial score (nSPS) is 10.1. The molecule has 2 N–H and O–H groups in total. The Morgan fingerprint density at radius 3 is 2.62 bits per heavy atom. The highest BCUT2D eigenvalue weighted by Crippen LogP contribution is 2.05. The Morgan fingerprint density at radius 2 is 2.00 bits per heavy atom. The zero-order valence-electron chi connectivity index (χ0n) is 9.70. The van der Waals surface area contributed by atoms with Crippen molar-refractivity contribution in [3.63, 3.8) is 0 Å². The molecule has 0 saturated carbocycles. The lowest BCUT2D eigenvalue weighted by Gasteiger charge is -2.04. The Kier molecular flexibility index (Phi) is 5.57. The first kappa shape index (κ1) is 12.7. The summed E-state index contributed by atoms with van der Waals surface area (Å²) in [5, 5.41) is 11.3. The number of hydrogen-bond acceptors (Lipinski definition) is 2. The number of hydrogen-bond donors (Lipinski definition) is 2. The summed E-state index contributed by atoms with van der Waals surface area (Å²) < 4.78 is 0. The van der Waals surface area contributed by atoms with Gasteiger partial charge in [0, 0.05) is 19.6 Å². The van der Waals surface area contributed by atoms with Gasteiger partial charge in [-0.05, 0) is 25.3 Å². The van der Waals surface area contributed by atoms with E-state index in [1.54, 1.807) is 0 Å². The molecule has 0 spiro atoms. The molecule has 0 unspecified atom stereocenters. The van der Waals surface area contributed by atoms with Gasteiger partial charge in [-0.15, -0.1) is 0 Å². The van der Waals surface area contributed by atoms with Crippen LogP contribution in [-0.2, 0) is 11.2 Å². The lowest BCUT2D eigenvalue weighted by Crippen LogP contribution is -2.25. The average molecular weight is 221 g/mol. The Morgan fingerprint density at radius 1 is 1.31 bits per heavy atom. The van der Waals surface area contributed by atoms with Crippen LogP contribution in [0.3, 0.4) is 0 Å². The fourth-order valence-electron chi connectivity index (χ4n) is 1.41. The second kappa shape index (κ2) is 7.01. The van der Waals surface area contributed by atoms with Crippen molar-refractivity contribution in [1.29, 1.82) is 0 Å². The molecule has 0 atom stereocenters. The molecule has 0 aliphatic rings. The number of carbonyl (C=O) groups is 1. The Bertz CT molecular complexity index is 319. The summed E-state index contributed by atoms with van der Waals surface area (Å²) in [5.41, 5.74) is 2.42. The van der Waals surface area contributed by atoms with E-state index in [9.17, 15) is 4.79 Å². The first-order valence-corrected chi connectivity index (χ1v) is 5.65. The molecule has 0 aliphatic carbocycles. The van der Waals surface area contributed by atoms with Gasteiger partial charge in [-0.1, -0.05) is 29.8 Å². The molecule has 3 nitrogen and oxygen atoms in total. The van der Waals surface area contributed by atoms with Gasteiger partial charge in [0.05, 0.1) is 0 Å². The first-order chi connectivity index (χ1) is 7.72. The summed E-state index contributed by atoms with van der Waals surface area (Å²) in [6, 6.07) is 8.21.